The Bertz CT molecular complexity index is 709. The van der Waals surface area contributed by atoms with Gasteiger partial charge in [-0.1, -0.05) is 30.3 Å². The number of β-amino-alcohol motifs (C(OH)–C–C–N with tert-alkyl or cyclic N) is 1. The first-order valence-electron chi connectivity index (χ1n) is 8.79. The van der Waals surface area contributed by atoms with Crippen LogP contribution in [0.1, 0.15) is 26.3 Å². The number of hydrogen-bond donors (Lipinski definition) is 2. The van der Waals surface area contributed by atoms with E-state index in [4.69, 9.17) is 9.47 Å². The molecule has 1 aliphatic rings. The van der Waals surface area contributed by atoms with Gasteiger partial charge in [0.15, 0.2) is 6.04 Å². The molecule has 2 amide bonds. The van der Waals surface area contributed by atoms with Crippen molar-refractivity contribution in [1.29, 1.82) is 0 Å². The Kier molecular flexibility index (Phi) is 6.50. The Balaban J connectivity index is 1.95. The number of carbonyl (C=O) groups excluding carboxylic acids is 3. The molecule has 0 saturated carbocycles. The molecule has 9 nitrogen and oxygen atoms in total. The molecule has 0 aromatic heterocycles. The van der Waals surface area contributed by atoms with Crippen LogP contribution in [0.3, 0.4) is 0 Å². The van der Waals surface area contributed by atoms with Crippen LogP contribution >= 0.6 is 0 Å². The topological polar surface area (TPSA) is 114 Å². The first kappa shape index (κ1) is 21.5. The normalized spacial score (nSPS) is 16.4. The molecule has 28 heavy (non-hydrogen) atoms. The smallest absolute Gasteiger partial charge is 0.410 e. The number of methoxy groups -OCH3 is 1. The molecule has 154 valence electrons. The minimum Gasteiger partial charge on any atom is -0.467 e. The molecule has 9 heteroatoms. The van der Waals surface area contributed by atoms with Crippen LogP contribution in [0.4, 0.5) is 9.59 Å². The van der Waals surface area contributed by atoms with Gasteiger partial charge in [-0.05, 0) is 26.3 Å². The number of rotatable bonds is 5. The van der Waals surface area contributed by atoms with E-state index in [0.717, 1.165) is 12.7 Å². The highest BCUT2D eigenvalue weighted by Gasteiger charge is 2.54. The lowest BCUT2D eigenvalue weighted by Gasteiger charge is -2.48. The van der Waals surface area contributed by atoms with Gasteiger partial charge in [-0.3, -0.25) is 0 Å². The summed E-state index contributed by atoms with van der Waals surface area (Å²) in [5.41, 5.74) is -1.60. The summed E-state index contributed by atoms with van der Waals surface area (Å²) >= 11 is 0. The third-order valence-electron chi connectivity index (χ3n) is 4.03. The molecule has 0 aliphatic carbocycles. The highest BCUT2D eigenvalue weighted by molar-refractivity contribution is 5.83. The number of nitrogens with zero attached hydrogens (tertiary/aromatic N) is 1. The highest BCUT2D eigenvalue weighted by Crippen LogP contribution is 2.27. The SMILES string of the molecule is COC(=O)C(NC(=O)OCc1ccccc1)C1(O)CN(C(=O)OC(C)(C)C)C1. The Morgan fingerprint density at radius 3 is 2.36 bits per heavy atom. The molecule has 0 bridgehead atoms. The van der Waals surface area contributed by atoms with E-state index in [1.807, 2.05) is 6.07 Å². The fraction of sp³-hybridized carbons (Fsp3) is 0.526. The maximum atomic E-state index is 12.1. The number of hydrogen-bond acceptors (Lipinski definition) is 7. The van der Waals surface area contributed by atoms with E-state index in [1.54, 1.807) is 45.0 Å². The predicted molar refractivity (Wildman–Crippen MR) is 98.3 cm³/mol. The lowest BCUT2D eigenvalue weighted by atomic mass is 9.86. The number of nitrogens with one attached hydrogen (secondary N) is 1. The van der Waals surface area contributed by atoms with Gasteiger partial charge in [0.2, 0.25) is 0 Å². The fourth-order valence-corrected chi connectivity index (χ4v) is 2.67. The summed E-state index contributed by atoms with van der Waals surface area (Å²) in [5.74, 6) is -0.844. The zero-order chi connectivity index (χ0) is 20.9. The molecule has 0 radical (unpaired) electrons. The van der Waals surface area contributed by atoms with Crippen molar-refractivity contribution in [2.45, 2.75) is 44.6 Å². The van der Waals surface area contributed by atoms with Crippen LogP contribution in [0.25, 0.3) is 0 Å². The number of esters is 1. The van der Waals surface area contributed by atoms with Crippen molar-refractivity contribution in [3.63, 3.8) is 0 Å². The summed E-state index contributed by atoms with van der Waals surface area (Å²) in [7, 11) is 1.14. The summed E-state index contributed by atoms with van der Waals surface area (Å²) in [4.78, 5) is 37.4. The van der Waals surface area contributed by atoms with Crippen LogP contribution in [-0.2, 0) is 25.6 Å². The summed E-state index contributed by atoms with van der Waals surface area (Å²) < 4.78 is 15.0. The van der Waals surface area contributed by atoms with Crippen molar-refractivity contribution in [3.8, 4) is 0 Å². The standard InChI is InChI=1S/C19H26N2O7/c1-18(2,3)28-17(24)21-11-19(25,12-21)14(15(22)26-4)20-16(23)27-10-13-8-6-5-7-9-13/h5-9,14,25H,10-12H2,1-4H3,(H,20,23). The van der Waals surface area contributed by atoms with Gasteiger partial charge in [-0.15, -0.1) is 0 Å². The maximum Gasteiger partial charge on any atom is 0.410 e. The molecule has 1 aliphatic heterocycles. The number of benzene rings is 1. The maximum absolute atomic E-state index is 12.1. The van der Waals surface area contributed by atoms with Gasteiger partial charge >= 0.3 is 18.2 Å². The average Bonchev–Trinajstić information content (AvgIpc) is 2.60. The molecule has 2 rings (SSSR count). The third kappa shape index (κ3) is 5.59. The van der Waals surface area contributed by atoms with E-state index < -0.39 is 35.4 Å². The van der Waals surface area contributed by atoms with Crippen molar-refractivity contribution in [2.75, 3.05) is 20.2 Å². The van der Waals surface area contributed by atoms with Crippen molar-refractivity contribution in [3.05, 3.63) is 35.9 Å². The molecular weight excluding hydrogens is 368 g/mol. The Morgan fingerprint density at radius 1 is 1.21 bits per heavy atom. The van der Waals surface area contributed by atoms with Crippen molar-refractivity contribution in [1.82, 2.24) is 10.2 Å². The van der Waals surface area contributed by atoms with E-state index in [2.05, 4.69) is 10.1 Å². The summed E-state index contributed by atoms with van der Waals surface area (Å²) in [6.45, 7) is 4.78. The molecule has 1 saturated heterocycles. The monoisotopic (exact) mass is 394 g/mol. The Labute approximate surface area is 163 Å². The summed E-state index contributed by atoms with van der Waals surface area (Å²) in [6, 6.07) is 7.61. The molecule has 1 aromatic rings. The van der Waals surface area contributed by atoms with E-state index in [9.17, 15) is 19.5 Å². The number of ether oxygens (including phenoxy) is 3. The first-order chi connectivity index (χ1) is 13.0. The van der Waals surface area contributed by atoms with Gasteiger partial charge in [-0.2, -0.15) is 0 Å². The Hall–Kier alpha value is -2.81. The second kappa shape index (κ2) is 8.47. The van der Waals surface area contributed by atoms with Gasteiger partial charge in [-0.25, -0.2) is 14.4 Å². The highest BCUT2D eigenvalue weighted by atomic mass is 16.6. The molecule has 2 N–H and O–H groups in total. The van der Waals surface area contributed by atoms with Gasteiger partial charge in [0.1, 0.15) is 17.8 Å². The van der Waals surface area contributed by atoms with E-state index in [0.29, 0.717) is 0 Å². The number of aliphatic hydroxyl groups is 1. The van der Waals surface area contributed by atoms with Crippen LogP contribution in [0.15, 0.2) is 30.3 Å². The van der Waals surface area contributed by atoms with Gasteiger partial charge < -0.3 is 29.5 Å². The number of alkyl carbamates (subject to hydrolysis) is 1. The van der Waals surface area contributed by atoms with Crippen molar-refractivity contribution >= 4 is 18.2 Å². The van der Waals surface area contributed by atoms with Crippen LogP contribution < -0.4 is 5.32 Å². The average molecular weight is 394 g/mol. The first-order valence-corrected chi connectivity index (χ1v) is 8.79. The molecule has 1 aromatic carbocycles. The fourth-order valence-electron chi connectivity index (χ4n) is 2.67. The molecule has 1 heterocycles. The van der Waals surface area contributed by atoms with Crippen molar-refractivity contribution in [2.24, 2.45) is 0 Å². The zero-order valence-electron chi connectivity index (χ0n) is 16.4. The van der Waals surface area contributed by atoms with E-state index in [-0.39, 0.29) is 19.7 Å². The van der Waals surface area contributed by atoms with Gasteiger partial charge in [0.25, 0.3) is 0 Å². The molecule has 1 atom stereocenters. The van der Waals surface area contributed by atoms with Crippen LogP contribution in [0.2, 0.25) is 0 Å². The molecule has 1 unspecified atom stereocenters. The second-order valence-corrected chi connectivity index (χ2v) is 7.60. The van der Waals surface area contributed by atoms with Crippen LogP contribution in [0.5, 0.6) is 0 Å². The van der Waals surface area contributed by atoms with Gasteiger partial charge in [0.05, 0.1) is 20.2 Å². The number of likely N-dealkylation sites (tertiary alicyclic amines) is 1. The lowest BCUT2D eigenvalue weighted by molar-refractivity contribution is -0.163. The minimum atomic E-state index is -1.68. The molecule has 1 fully saturated rings. The number of amides is 2. The minimum absolute atomic E-state index is 0.00300. The Morgan fingerprint density at radius 2 is 1.82 bits per heavy atom. The quantitative estimate of drug-likeness (QED) is 0.574. The largest absolute Gasteiger partial charge is 0.467 e. The van der Waals surface area contributed by atoms with Crippen LogP contribution in [-0.4, -0.2) is 65.6 Å². The predicted octanol–water partition coefficient (Wildman–Crippen LogP) is 1.44. The number of carbonyl (C=O) groups is 3. The molecule has 0 spiro atoms. The van der Waals surface area contributed by atoms with E-state index in [1.165, 1.54) is 4.90 Å². The lowest BCUT2D eigenvalue weighted by Crippen LogP contribution is -2.74. The van der Waals surface area contributed by atoms with E-state index >= 15 is 0 Å². The zero-order valence-corrected chi connectivity index (χ0v) is 16.4. The van der Waals surface area contributed by atoms with Crippen LogP contribution in [0, 0.1) is 0 Å². The second-order valence-electron chi connectivity index (χ2n) is 7.60. The summed E-state index contributed by atoms with van der Waals surface area (Å²) in [5, 5.41) is 13.0. The van der Waals surface area contributed by atoms with Gasteiger partial charge in [0, 0.05) is 0 Å². The third-order valence-corrected chi connectivity index (χ3v) is 4.03. The molecular formula is C19H26N2O7. The summed E-state index contributed by atoms with van der Waals surface area (Å²) in [6.07, 6.45) is -1.50. The van der Waals surface area contributed by atoms with Crippen molar-refractivity contribution < 1.29 is 33.7 Å².